The van der Waals surface area contributed by atoms with Crippen molar-refractivity contribution in [1.82, 2.24) is 10.2 Å². The summed E-state index contributed by atoms with van der Waals surface area (Å²) in [5.74, 6) is -0.161. The molecule has 21 heavy (non-hydrogen) atoms. The van der Waals surface area contributed by atoms with Crippen molar-refractivity contribution in [3.8, 4) is 0 Å². The molecule has 1 aromatic carbocycles. The van der Waals surface area contributed by atoms with Gasteiger partial charge < -0.3 is 10.2 Å². The molecule has 1 aromatic rings. The first kappa shape index (κ1) is 16.4. The van der Waals surface area contributed by atoms with E-state index in [1.54, 1.807) is 12.1 Å². The maximum Gasteiger partial charge on any atom is 0.123 e. The number of benzene rings is 1. The zero-order valence-corrected chi connectivity index (χ0v) is 13.4. The number of nitrogens with zero attached hydrogens (tertiary/aromatic N) is 1. The van der Waals surface area contributed by atoms with Crippen LogP contribution in [0, 0.1) is 5.82 Å². The van der Waals surface area contributed by atoms with Gasteiger partial charge in [0.25, 0.3) is 0 Å². The molecule has 0 heterocycles. The highest BCUT2D eigenvalue weighted by Gasteiger charge is 2.20. The largest absolute Gasteiger partial charge is 0.313 e. The summed E-state index contributed by atoms with van der Waals surface area (Å²) < 4.78 is 13.0. The van der Waals surface area contributed by atoms with Gasteiger partial charge in [0.05, 0.1) is 0 Å². The van der Waals surface area contributed by atoms with E-state index in [2.05, 4.69) is 17.1 Å². The highest BCUT2D eigenvalue weighted by Crippen LogP contribution is 2.24. The number of nitrogens with one attached hydrogen (secondary N) is 1. The molecular formula is C18H29FN2. The van der Waals surface area contributed by atoms with Crippen LogP contribution in [0.2, 0.25) is 0 Å². The van der Waals surface area contributed by atoms with Crippen molar-refractivity contribution in [3.05, 3.63) is 35.6 Å². The van der Waals surface area contributed by atoms with Crippen molar-refractivity contribution in [3.63, 3.8) is 0 Å². The van der Waals surface area contributed by atoms with Crippen molar-refractivity contribution in [2.24, 2.45) is 0 Å². The van der Waals surface area contributed by atoms with E-state index in [0.29, 0.717) is 6.04 Å². The topological polar surface area (TPSA) is 15.3 Å². The predicted molar refractivity (Wildman–Crippen MR) is 86.9 cm³/mol. The van der Waals surface area contributed by atoms with Gasteiger partial charge in [-0.2, -0.15) is 0 Å². The second-order valence-corrected chi connectivity index (χ2v) is 6.10. The minimum atomic E-state index is -0.161. The molecule has 1 aliphatic carbocycles. The van der Waals surface area contributed by atoms with E-state index in [9.17, 15) is 4.39 Å². The van der Waals surface area contributed by atoms with Crippen LogP contribution in [0.1, 0.15) is 57.1 Å². The van der Waals surface area contributed by atoms with Crippen molar-refractivity contribution in [1.29, 1.82) is 0 Å². The van der Waals surface area contributed by atoms with E-state index >= 15 is 0 Å². The lowest BCUT2D eigenvalue weighted by Crippen LogP contribution is -2.38. The van der Waals surface area contributed by atoms with E-state index in [1.807, 2.05) is 19.2 Å². The Balaban J connectivity index is 1.90. The second-order valence-electron chi connectivity index (χ2n) is 6.10. The van der Waals surface area contributed by atoms with Gasteiger partial charge in [-0.15, -0.1) is 0 Å². The average Bonchev–Trinajstić information content (AvgIpc) is 2.54. The molecule has 1 saturated carbocycles. The summed E-state index contributed by atoms with van der Waals surface area (Å²) >= 11 is 0. The Labute approximate surface area is 128 Å². The third-order valence-electron chi connectivity index (χ3n) is 4.82. The fourth-order valence-corrected chi connectivity index (χ4v) is 3.51. The van der Waals surface area contributed by atoms with Crippen LogP contribution in [0.3, 0.4) is 0 Å². The first-order chi connectivity index (χ1) is 10.2. The minimum Gasteiger partial charge on any atom is -0.313 e. The highest BCUT2D eigenvalue weighted by molar-refractivity contribution is 5.19. The molecule has 0 aliphatic heterocycles. The van der Waals surface area contributed by atoms with Crippen LogP contribution in [0.4, 0.5) is 4.39 Å². The van der Waals surface area contributed by atoms with E-state index < -0.39 is 0 Å². The predicted octanol–water partition coefficient (Wildman–Crippen LogP) is 4.13. The maximum atomic E-state index is 13.0. The van der Waals surface area contributed by atoms with Crippen LogP contribution in [0.5, 0.6) is 0 Å². The SMILES string of the molecule is CCN(CCC(NC)c1ccc(F)cc1)C1CCCCC1. The minimum absolute atomic E-state index is 0.161. The van der Waals surface area contributed by atoms with E-state index in [-0.39, 0.29) is 5.82 Å². The van der Waals surface area contributed by atoms with Gasteiger partial charge in [0.1, 0.15) is 5.82 Å². The van der Waals surface area contributed by atoms with Gasteiger partial charge >= 0.3 is 0 Å². The molecule has 1 N–H and O–H groups in total. The highest BCUT2D eigenvalue weighted by atomic mass is 19.1. The van der Waals surface area contributed by atoms with Crippen molar-refractivity contribution in [2.75, 3.05) is 20.1 Å². The Morgan fingerprint density at radius 1 is 1.19 bits per heavy atom. The van der Waals surface area contributed by atoms with E-state index in [4.69, 9.17) is 0 Å². The van der Waals surface area contributed by atoms with Gasteiger partial charge in [-0.1, -0.05) is 38.3 Å². The zero-order chi connectivity index (χ0) is 15.1. The third kappa shape index (κ3) is 4.79. The molecule has 0 radical (unpaired) electrons. The third-order valence-corrected chi connectivity index (χ3v) is 4.82. The summed E-state index contributed by atoms with van der Waals surface area (Å²) in [5, 5.41) is 3.37. The summed E-state index contributed by atoms with van der Waals surface area (Å²) in [6.07, 6.45) is 7.96. The molecule has 118 valence electrons. The number of hydrogen-bond donors (Lipinski definition) is 1. The van der Waals surface area contributed by atoms with Gasteiger partial charge in [0.15, 0.2) is 0 Å². The van der Waals surface area contributed by atoms with Crippen LogP contribution in [-0.2, 0) is 0 Å². The maximum absolute atomic E-state index is 13.0. The summed E-state index contributed by atoms with van der Waals surface area (Å²) in [6.45, 7) is 4.51. The Morgan fingerprint density at radius 3 is 2.43 bits per heavy atom. The zero-order valence-electron chi connectivity index (χ0n) is 13.4. The Morgan fingerprint density at radius 2 is 1.86 bits per heavy atom. The van der Waals surface area contributed by atoms with E-state index in [1.165, 1.54) is 37.7 Å². The number of halogens is 1. The molecule has 1 fully saturated rings. The molecule has 1 unspecified atom stereocenters. The van der Waals surface area contributed by atoms with Gasteiger partial charge in [-0.25, -0.2) is 4.39 Å². The molecule has 1 atom stereocenters. The van der Waals surface area contributed by atoms with Crippen LogP contribution in [-0.4, -0.2) is 31.1 Å². The Kier molecular flexibility index (Phi) is 6.65. The smallest absolute Gasteiger partial charge is 0.123 e. The van der Waals surface area contributed by atoms with Crippen LogP contribution < -0.4 is 5.32 Å². The van der Waals surface area contributed by atoms with Crippen molar-refractivity contribution >= 4 is 0 Å². The van der Waals surface area contributed by atoms with E-state index in [0.717, 1.165) is 25.6 Å². The van der Waals surface area contributed by atoms with Crippen LogP contribution in [0.15, 0.2) is 24.3 Å². The fraction of sp³-hybridized carbons (Fsp3) is 0.667. The summed E-state index contributed by atoms with van der Waals surface area (Å²) in [6, 6.07) is 7.98. The Hall–Kier alpha value is -0.930. The fourth-order valence-electron chi connectivity index (χ4n) is 3.51. The first-order valence-electron chi connectivity index (χ1n) is 8.41. The molecule has 2 rings (SSSR count). The second kappa shape index (κ2) is 8.50. The summed E-state index contributed by atoms with van der Waals surface area (Å²) in [7, 11) is 1.99. The molecule has 0 bridgehead atoms. The molecular weight excluding hydrogens is 263 g/mol. The summed E-state index contributed by atoms with van der Waals surface area (Å²) in [5.41, 5.74) is 1.18. The van der Waals surface area contributed by atoms with Crippen LogP contribution >= 0.6 is 0 Å². The normalized spacial score (nSPS) is 18.1. The molecule has 0 aromatic heterocycles. The van der Waals surface area contributed by atoms with Crippen LogP contribution in [0.25, 0.3) is 0 Å². The molecule has 1 aliphatic rings. The van der Waals surface area contributed by atoms with Gasteiger partial charge in [0.2, 0.25) is 0 Å². The number of hydrogen-bond acceptors (Lipinski definition) is 2. The summed E-state index contributed by atoms with van der Waals surface area (Å²) in [4.78, 5) is 2.63. The molecule has 0 amide bonds. The monoisotopic (exact) mass is 292 g/mol. The van der Waals surface area contributed by atoms with Crippen molar-refractivity contribution in [2.45, 2.75) is 57.5 Å². The van der Waals surface area contributed by atoms with Gasteiger partial charge in [-0.3, -0.25) is 0 Å². The molecule has 2 nitrogen and oxygen atoms in total. The average molecular weight is 292 g/mol. The quantitative estimate of drug-likeness (QED) is 0.813. The molecule has 0 spiro atoms. The van der Waals surface area contributed by atoms with Gasteiger partial charge in [-0.05, 0) is 50.6 Å². The number of rotatable bonds is 7. The lowest BCUT2D eigenvalue weighted by Gasteiger charge is -2.34. The standard InChI is InChI=1S/C18H29FN2/c1-3-21(17-7-5-4-6-8-17)14-13-18(20-2)15-9-11-16(19)12-10-15/h9-12,17-18,20H,3-8,13-14H2,1-2H3. The first-order valence-corrected chi connectivity index (χ1v) is 8.41. The van der Waals surface area contributed by atoms with Gasteiger partial charge in [0, 0.05) is 18.6 Å². The lowest BCUT2D eigenvalue weighted by molar-refractivity contribution is 0.157. The Bertz CT molecular complexity index is 398. The molecule has 0 saturated heterocycles. The molecule has 3 heteroatoms. The van der Waals surface area contributed by atoms with Crippen molar-refractivity contribution < 1.29 is 4.39 Å². The lowest BCUT2D eigenvalue weighted by atomic mass is 9.93.